The third-order valence-electron chi connectivity index (χ3n) is 11.8. The molecule has 0 saturated carbocycles. The second kappa shape index (κ2) is 44.0. The van der Waals surface area contributed by atoms with E-state index in [4.69, 9.17) is 14.2 Å². The molecule has 338 valence electrons. The lowest BCUT2D eigenvalue weighted by Crippen LogP contribution is -2.30. The molecule has 0 aliphatic heterocycles. The minimum absolute atomic E-state index is 0.0645. The summed E-state index contributed by atoms with van der Waals surface area (Å²) in [6, 6.07) is 0. The lowest BCUT2D eigenvalue weighted by molar-refractivity contribution is -0.167. The van der Waals surface area contributed by atoms with Gasteiger partial charge in [0, 0.05) is 19.3 Å². The third kappa shape index (κ3) is 43.8. The van der Waals surface area contributed by atoms with Crippen molar-refractivity contribution in [2.45, 2.75) is 285 Å². The number of unbranched alkanes of at least 4 members (excludes halogenated alkanes) is 29. The van der Waals surface area contributed by atoms with Crippen LogP contribution < -0.4 is 0 Å². The molecule has 2 atom stereocenters. The van der Waals surface area contributed by atoms with Gasteiger partial charge in [0.05, 0.1) is 0 Å². The summed E-state index contributed by atoms with van der Waals surface area (Å²) in [6.07, 6.45) is 43.7. The van der Waals surface area contributed by atoms with Gasteiger partial charge in [0.15, 0.2) is 6.10 Å². The summed E-state index contributed by atoms with van der Waals surface area (Å²) in [7, 11) is 0. The Labute approximate surface area is 355 Å². The average molecular weight is 807 g/mol. The van der Waals surface area contributed by atoms with Gasteiger partial charge < -0.3 is 14.2 Å². The first-order valence-corrected chi connectivity index (χ1v) is 25.3. The smallest absolute Gasteiger partial charge is 0.306 e. The second-order valence-corrected chi connectivity index (χ2v) is 18.2. The van der Waals surface area contributed by atoms with Crippen LogP contribution in [0, 0.1) is 11.8 Å². The summed E-state index contributed by atoms with van der Waals surface area (Å²) < 4.78 is 16.8. The average Bonchev–Trinajstić information content (AvgIpc) is 3.19. The number of hydrogen-bond acceptors (Lipinski definition) is 6. The van der Waals surface area contributed by atoms with E-state index in [0.29, 0.717) is 19.3 Å². The van der Waals surface area contributed by atoms with Gasteiger partial charge in [0.25, 0.3) is 0 Å². The van der Waals surface area contributed by atoms with Crippen LogP contribution >= 0.6 is 0 Å². The number of hydrogen-bond donors (Lipinski definition) is 0. The second-order valence-electron chi connectivity index (χ2n) is 18.2. The van der Waals surface area contributed by atoms with Gasteiger partial charge >= 0.3 is 17.9 Å². The minimum Gasteiger partial charge on any atom is -0.462 e. The Hall–Kier alpha value is -1.59. The van der Waals surface area contributed by atoms with Crippen LogP contribution in [0.1, 0.15) is 279 Å². The Bertz CT molecular complexity index is 872. The normalized spacial score (nSPS) is 12.5. The Balaban J connectivity index is 4.31. The van der Waals surface area contributed by atoms with Crippen LogP contribution in [0.2, 0.25) is 0 Å². The molecule has 0 amide bonds. The third-order valence-corrected chi connectivity index (χ3v) is 11.8. The maximum absolute atomic E-state index is 12.8. The number of ether oxygens (including phenoxy) is 3. The molecule has 57 heavy (non-hydrogen) atoms. The van der Waals surface area contributed by atoms with Gasteiger partial charge in [-0.05, 0) is 31.1 Å². The van der Waals surface area contributed by atoms with Gasteiger partial charge in [0.2, 0.25) is 0 Å². The highest BCUT2D eigenvalue weighted by Gasteiger charge is 2.19. The standard InChI is InChI=1S/C51H98O6/c1-6-8-9-10-11-12-13-14-15-16-17-21-26-31-36-41-49(52)55-44-48(45-56-50(53)42-37-32-28-23-24-29-34-39-46(3)4)57-51(54)43-38-33-27-22-19-18-20-25-30-35-40-47(5)7-2/h46-48H,6-45H2,1-5H3/t47?,48-/m1/s1. The monoisotopic (exact) mass is 807 g/mol. The maximum atomic E-state index is 12.8. The van der Waals surface area contributed by atoms with Crippen LogP contribution in [-0.2, 0) is 28.6 Å². The molecule has 0 N–H and O–H groups in total. The molecule has 0 rings (SSSR count). The molecule has 6 heteroatoms. The van der Waals surface area contributed by atoms with Crippen molar-refractivity contribution in [1.29, 1.82) is 0 Å². The molecule has 0 fully saturated rings. The van der Waals surface area contributed by atoms with E-state index in [9.17, 15) is 14.4 Å². The molecular formula is C51H98O6. The summed E-state index contributed by atoms with van der Waals surface area (Å²) >= 11 is 0. The van der Waals surface area contributed by atoms with E-state index in [2.05, 4.69) is 34.6 Å². The van der Waals surface area contributed by atoms with Gasteiger partial charge in [-0.25, -0.2) is 0 Å². The van der Waals surface area contributed by atoms with Crippen molar-refractivity contribution in [3.8, 4) is 0 Å². The quantitative estimate of drug-likeness (QED) is 0.0346. The van der Waals surface area contributed by atoms with Crippen LogP contribution in [0.15, 0.2) is 0 Å². The van der Waals surface area contributed by atoms with E-state index in [1.54, 1.807) is 0 Å². The Morgan fingerprint density at radius 1 is 0.368 bits per heavy atom. The predicted molar refractivity (Wildman–Crippen MR) is 243 cm³/mol. The summed E-state index contributed by atoms with van der Waals surface area (Å²) in [6.45, 7) is 11.3. The van der Waals surface area contributed by atoms with Crippen LogP contribution in [0.25, 0.3) is 0 Å². The van der Waals surface area contributed by atoms with Crippen LogP contribution in [-0.4, -0.2) is 37.2 Å². The van der Waals surface area contributed by atoms with Crippen molar-refractivity contribution in [3.63, 3.8) is 0 Å². The van der Waals surface area contributed by atoms with Gasteiger partial charge in [-0.1, -0.05) is 240 Å². The van der Waals surface area contributed by atoms with Crippen molar-refractivity contribution in [2.75, 3.05) is 13.2 Å². The fraction of sp³-hybridized carbons (Fsp3) is 0.941. The summed E-state index contributed by atoms with van der Waals surface area (Å²) in [5.41, 5.74) is 0. The number of rotatable bonds is 45. The van der Waals surface area contributed by atoms with Gasteiger partial charge in [-0.3, -0.25) is 14.4 Å². The molecule has 0 heterocycles. The molecule has 0 aliphatic carbocycles. The zero-order valence-electron chi connectivity index (χ0n) is 39.0. The number of esters is 3. The number of carbonyl (C=O) groups excluding carboxylic acids is 3. The topological polar surface area (TPSA) is 78.9 Å². The fourth-order valence-corrected chi connectivity index (χ4v) is 7.60. The van der Waals surface area contributed by atoms with E-state index in [-0.39, 0.29) is 31.1 Å². The Kier molecular flexibility index (Phi) is 42.7. The first-order chi connectivity index (χ1) is 27.8. The molecule has 0 aromatic rings. The first kappa shape index (κ1) is 55.4. The van der Waals surface area contributed by atoms with E-state index >= 15 is 0 Å². The van der Waals surface area contributed by atoms with Crippen LogP contribution in [0.3, 0.4) is 0 Å². The zero-order valence-corrected chi connectivity index (χ0v) is 39.0. The molecule has 0 saturated heterocycles. The van der Waals surface area contributed by atoms with Crippen molar-refractivity contribution in [1.82, 2.24) is 0 Å². The minimum atomic E-state index is -0.762. The zero-order chi connectivity index (χ0) is 41.9. The molecule has 0 aromatic heterocycles. The maximum Gasteiger partial charge on any atom is 0.306 e. The molecule has 1 unspecified atom stereocenters. The molecule has 0 spiro atoms. The number of carbonyl (C=O) groups is 3. The summed E-state index contributed by atoms with van der Waals surface area (Å²) in [5, 5.41) is 0. The lowest BCUT2D eigenvalue weighted by atomic mass is 9.99. The SMILES string of the molecule is CCCCCCCCCCCCCCCCCC(=O)OC[C@H](COC(=O)CCCCCCCCCC(C)C)OC(=O)CCCCCCCCCCCCC(C)CC. The van der Waals surface area contributed by atoms with E-state index in [1.807, 2.05) is 0 Å². The van der Waals surface area contributed by atoms with Crippen LogP contribution in [0.4, 0.5) is 0 Å². The van der Waals surface area contributed by atoms with E-state index in [1.165, 1.54) is 167 Å². The highest BCUT2D eigenvalue weighted by atomic mass is 16.6. The summed E-state index contributed by atoms with van der Waals surface area (Å²) in [4.78, 5) is 37.9. The summed E-state index contributed by atoms with van der Waals surface area (Å²) in [5.74, 6) is 0.796. The van der Waals surface area contributed by atoms with Gasteiger partial charge in [0.1, 0.15) is 13.2 Å². The molecule has 6 nitrogen and oxygen atoms in total. The molecule has 0 radical (unpaired) electrons. The lowest BCUT2D eigenvalue weighted by Gasteiger charge is -2.18. The predicted octanol–water partition coefficient (Wildman–Crippen LogP) is 16.1. The fourth-order valence-electron chi connectivity index (χ4n) is 7.60. The van der Waals surface area contributed by atoms with Gasteiger partial charge in [-0.15, -0.1) is 0 Å². The van der Waals surface area contributed by atoms with Crippen molar-refractivity contribution >= 4 is 17.9 Å². The molecular weight excluding hydrogens is 709 g/mol. The largest absolute Gasteiger partial charge is 0.462 e. The Morgan fingerprint density at radius 3 is 1.00 bits per heavy atom. The Morgan fingerprint density at radius 2 is 0.667 bits per heavy atom. The molecule has 0 aromatic carbocycles. The van der Waals surface area contributed by atoms with E-state index < -0.39 is 6.10 Å². The van der Waals surface area contributed by atoms with Gasteiger partial charge in [-0.2, -0.15) is 0 Å². The van der Waals surface area contributed by atoms with Crippen LogP contribution in [0.5, 0.6) is 0 Å². The van der Waals surface area contributed by atoms with Crippen molar-refractivity contribution in [2.24, 2.45) is 11.8 Å². The highest BCUT2D eigenvalue weighted by molar-refractivity contribution is 5.71. The molecule has 0 bridgehead atoms. The first-order valence-electron chi connectivity index (χ1n) is 25.3. The van der Waals surface area contributed by atoms with E-state index in [0.717, 1.165) is 69.6 Å². The van der Waals surface area contributed by atoms with Crippen molar-refractivity contribution < 1.29 is 28.6 Å². The van der Waals surface area contributed by atoms with Crippen molar-refractivity contribution in [3.05, 3.63) is 0 Å². The highest BCUT2D eigenvalue weighted by Crippen LogP contribution is 2.18. The molecule has 0 aliphatic rings.